The van der Waals surface area contributed by atoms with Crippen LogP contribution >= 0.6 is 0 Å². The average molecular weight is 399 g/mol. The monoisotopic (exact) mass is 399 g/mol. The van der Waals surface area contributed by atoms with Crippen LogP contribution in [0, 0.1) is 11.3 Å². The zero-order valence-corrected chi connectivity index (χ0v) is 16.0. The first kappa shape index (κ1) is 20.3. The van der Waals surface area contributed by atoms with Crippen molar-refractivity contribution < 1.29 is 19.1 Å². The number of nitrogens with one attached hydrogen (secondary N) is 2. The number of benzene rings is 3. The Balaban J connectivity index is 1.67. The lowest BCUT2D eigenvalue weighted by Gasteiger charge is -2.08. The van der Waals surface area contributed by atoms with E-state index in [1.165, 1.54) is 37.4 Å². The van der Waals surface area contributed by atoms with Gasteiger partial charge in [0.25, 0.3) is 11.8 Å². The number of nitriles is 1. The third-order valence-corrected chi connectivity index (χ3v) is 4.20. The van der Waals surface area contributed by atoms with Crippen molar-refractivity contribution in [2.45, 2.75) is 0 Å². The van der Waals surface area contributed by atoms with Crippen molar-refractivity contribution in [1.29, 1.82) is 5.26 Å². The van der Waals surface area contributed by atoms with Gasteiger partial charge >= 0.3 is 5.97 Å². The number of amides is 2. The molecule has 0 atom stereocenters. The number of ether oxygens (including phenoxy) is 1. The van der Waals surface area contributed by atoms with E-state index in [2.05, 4.69) is 15.4 Å². The van der Waals surface area contributed by atoms with Crippen molar-refractivity contribution >= 4 is 29.2 Å². The molecule has 0 bridgehead atoms. The maximum absolute atomic E-state index is 12.4. The van der Waals surface area contributed by atoms with E-state index in [0.717, 1.165) is 0 Å². The summed E-state index contributed by atoms with van der Waals surface area (Å²) in [6, 6.07) is 21.1. The standard InChI is InChI=1S/C23H17N3O4/c1-30-23(29)18-5-3-7-20(13-18)26-22(28)17-10-8-16(9-11-17)21(27)25-19-6-2-4-15(12-19)14-24/h2-13H,1H3,(H,25,27)(H,26,28). The summed E-state index contributed by atoms with van der Waals surface area (Å²) in [4.78, 5) is 36.4. The number of methoxy groups -OCH3 is 1. The lowest BCUT2D eigenvalue weighted by atomic mass is 10.1. The molecular formula is C23H17N3O4. The molecule has 3 rings (SSSR count). The highest BCUT2D eigenvalue weighted by Gasteiger charge is 2.11. The van der Waals surface area contributed by atoms with Crippen molar-refractivity contribution in [2.75, 3.05) is 17.7 Å². The summed E-state index contributed by atoms with van der Waals surface area (Å²) >= 11 is 0. The van der Waals surface area contributed by atoms with E-state index >= 15 is 0 Å². The molecule has 0 aliphatic carbocycles. The van der Waals surface area contributed by atoms with Gasteiger partial charge in [0.15, 0.2) is 0 Å². The molecule has 0 aliphatic heterocycles. The highest BCUT2D eigenvalue weighted by Crippen LogP contribution is 2.15. The molecule has 7 nitrogen and oxygen atoms in total. The minimum absolute atomic E-state index is 0.322. The Morgan fingerprint density at radius 2 is 1.30 bits per heavy atom. The fourth-order valence-electron chi connectivity index (χ4n) is 2.69. The molecule has 0 spiro atoms. The fraction of sp³-hybridized carbons (Fsp3) is 0.0435. The smallest absolute Gasteiger partial charge is 0.337 e. The van der Waals surface area contributed by atoms with Crippen molar-refractivity contribution in [3.05, 3.63) is 95.1 Å². The molecule has 7 heteroatoms. The number of hydrogen-bond acceptors (Lipinski definition) is 5. The summed E-state index contributed by atoms with van der Waals surface area (Å²) in [7, 11) is 1.28. The number of anilines is 2. The van der Waals surface area contributed by atoms with Crippen molar-refractivity contribution in [2.24, 2.45) is 0 Å². The molecular weight excluding hydrogens is 382 g/mol. The largest absolute Gasteiger partial charge is 0.465 e. The van der Waals surface area contributed by atoms with Gasteiger partial charge in [0.05, 0.1) is 24.3 Å². The van der Waals surface area contributed by atoms with Crippen LogP contribution in [0.3, 0.4) is 0 Å². The van der Waals surface area contributed by atoms with Crippen LogP contribution in [0.1, 0.15) is 36.6 Å². The third kappa shape index (κ3) is 4.88. The second kappa shape index (κ2) is 9.17. The van der Waals surface area contributed by atoms with E-state index in [1.54, 1.807) is 42.5 Å². The van der Waals surface area contributed by atoms with Crippen LogP contribution in [0.15, 0.2) is 72.8 Å². The minimum Gasteiger partial charge on any atom is -0.465 e. The summed E-state index contributed by atoms with van der Waals surface area (Å²) < 4.78 is 4.67. The SMILES string of the molecule is COC(=O)c1cccc(NC(=O)c2ccc(C(=O)Nc3cccc(C#N)c3)cc2)c1. The van der Waals surface area contributed by atoms with Gasteiger partial charge in [-0.25, -0.2) is 4.79 Å². The lowest BCUT2D eigenvalue weighted by Crippen LogP contribution is -2.14. The van der Waals surface area contributed by atoms with Gasteiger partial charge in [-0.3, -0.25) is 9.59 Å². The first-order chi connectivity index (χ1) is 14.5. The molecule has 30 heavy (non-hydrogen) atoms. The van der Waals surface area contributed by atoms with Crippen LogP contribution in [0.25, 0.3) is 0 Å². The van der Waals surface area contributed by atoms with E-state index in [4.69, 9.17) is 5.26 Å². The molecule has 0 radical (unpaired) electrons. The van der Waals surface area contributed by atoms with Crippen molar-refractivity contribution in [1.82, 2.24) is 0 Å². The Hall–Kier alpha value is -4.44. The molecule has 2 amide bonds. The second-order valence-electron chi connectivity index (χ2n) is 6.25. The molecule has 3 aromatic carbocycles. The van der Waals surface area contributed by atoms with Gasteiger partial charge in [-0.2, -0.15) is 5.26 Å². The average Bonchev–Trinajstić information content (AvgIpc) is 2.78. The van der Waals surface area contributed by atoms with Crippen molar-refractivity contribution in [3.8, 4) is 6.07 Å². The number of rotatable bonds is 5. The normalized spacial score (nSPS) is 9.87. The summed E-state index contributed by atoms with van der Waals surface area (Å²) in [6.45, 7) is 0. The molecule has 0 saturated heterocycles. The molecule has 2 N–H and O–H groups in total. The van der Waals surface area contributed by atoms with Crippen LogP contribution in [0.4, 0.5) is 11.4 Å². The topological polar surface area (TPSA) is 108 Å². The number of carbonyl (C=O) groups excluding carboxylic acids is 3. The van der Waals surface area contributed by atoms with Crippen LogP contribution in [-0.2, 0) is 4.74 Å². The molecule has 3 aromatic rings. The van der Waals surface area contributed by atoms with E-state index in [9.17, 15) is 14.4 Å². The molecule has 0 fully saturated rings. The van der Waals surface area contributed by atoms with Gasteiger partial charge in [-0.05, 0) is 60.7 Å². The zero-order chi connectivity index (χ0) is 21.5. The van der Waals surface area contributed by atoms with Crippen LogP contribution in [0.2, 0.25) is 0 Å². The summed E-state index contributed by atoms with van der Waals surface area (Å²) in [5.74, 6) is -1.24. The first-order valence-electron chi connectivity index (χ1n) is 8.91. The molecule has 0 aliphatic rings. The Morgan fingerprint density at radius 3 is 1.83 bits per heavy atom. The second-order valence-corrected chi connectivity index (χ2v) is 6.25. The highest BCUT2D eigenvalue weighted by molar-refractivity contribution is 6.07. The van der Waals surface area contributed by atoms with Gasteiger partial charge in [0, 0.05) is 22.5 Å². The predicted molar refractivity (Wildman–Crippen MR) is 111 cm³/mol. The fourth-order valence-corrected chi connectivity index (χ4v) is 2.69. The maximum atomic E-state index is 12.4. The number of esters is 1. The quantitative estimate of drug-likeness (QED) is 0.634. The highest BCUT2D eigenvalue weighted by atomic mass is 16.5. The minimum atomic E-state index is -0.498. The van der Waals surface area contributed by atoms with Crippen molar-refractivity contribution in [3.63, 3.8) is 0 Å². The summed E-state index contributed by atoms with van der Waals surface area (Å²) in [5, 5.41) is 14.3. The Kier molecular flexibility index (Phi) is 6.20. The number of hydrogen-bond donors (Lipinski definition) is 2. The molecule has 0 saturated carbocycles. The lowest BCUT2D eigenvalue weighted by molar-refractivity contribution is 0.0600. The Morgan fingerprint density at radius 1 is 0.767 bits per heavy atom. The Bertz CT molecular complexity index is 1150. The summed E-state index contributed by atoms with van der Waals surface area (Å²) in [6.07, 6.45) is 0. The van der Waals surface area contributed by atoms with Gasteiger partial charge in [0.2, 0.25) is 0 Å². The number of carbonyl (C=O) groups is 3. The van der Waals surface area contributed by atoms with E-state index in [-0.39, 0.29) is 11.8 Å². The van der Waals surface area contributed by atoms with Crippen LogP contribution < -0.4 is 10.6 Å². The maximum Gasteiger partial charge on any atom is 0.337 e. The molecule has 0 heterocycles. The Labute approximate surface area is 172 Å². The third-order valence-electron chi connectivity index (χ3n) is 4.20. The van der Waals surface area contributed by atoms with Crippen LogP contribution in [0.5, 0.6) is 0 Å². The van der Waals surface area contributed by atoms with Gasteiger partial charge in [-0.15, -0.1) is 0 Å². The van der Waals surface area contributed by atoms with E-state index in [1.807, 2.05) is 6.07 Å². The number of nitrogens with zero attached hydrogens (tertiary/aromatic N) is 1. The van der Waals surface area contributed by atoms with Gasteiger partial charge in [-0.1, -0.05) is 12.1 Å². The summed E-state index contributed by atoms with van der Waals surface area (Å²) in [5.41, 5.74) is 2.43. The predicted octanol–water partition coefficient (Wildman–Crippen LogP) is 3.85. The van der Waals surface area contributed by atoms with Gasteiger partial charge in [0.1, 0.15) is 0 Å². The zero-order valence-electron chi connectivity index (χ0n) is 16.0. The van der Waals surface area contributed by atoms with E-state index in [0.29, 0.717) is 33.6 Å². The van der Waals surface area contributed by atoms with Crippen LogP contribution in [-0.4, -0.2) is 24.9 Å². The molecule has 148 valence electrons. The van der Waals surface area contributed by atoms with E-state index < -0.39 is 5.97 Å². The van der Waals surface area contributed by atoms with Gasteiger partial charge < -0.3 is 15.4 Å². The molecule has 0 unspecified atom stereocenters. The molecule has 0 aromatic heterocycles. The first-order valence-corrected chi connectivity index (χ1v) is 8.91.